The van der Waals surface area contributed by atoms with Gasteiger partial charge in [-0.05, 0) is 43.9 Å². The number of para-hydroxylation sites is 1. The molecule has 0 bridgehead atoms. The van der Waals surface area contributed by atoms with Crippen LogP contribution in [-0.4, -0.2) is 72.3 Å². The number of anilines is 1. The molecule has 0 radical (unpaired) electrons. The summed E-state index contributed by atoms with van der Waals surface area (Å²) in [6.07, 6.45) is -9.80. The molecule has 12 heteroatoms. The van der Waals surface area contributed by atoms with Gasteiger partial charge in [0.15, 0.2) is 0 Å². The Morgan fingerprint density at radius 2 is 1.90 bits per heavy atom. The molecule has 4 unspecified atom stereocenters. The maximum atomic E-state index is 15.2. The first-order valence-electron chi connectivity index (χ1n) is 13.3. The van der Waals surface area contributed by atoms with Gasteiger partial charge in [-0.3, -0.25) is 9.29 Å². The van der Waals surface area contributed by atoms with Crippen molar-refractivity contribution >= 4 is 16.6 Å². The molecule has 3 heterocycles. The maximum absolute atomic E-state index is 15.2. The van der Waals surface area contributed by atoms with Crippen LogP contribution < -0.4 is 10.1 Å². The zero-order valence-electron chi connectivity index (χ0n) is 21.8. The SMILES string of the molecule is CC1Cc2c([nH]c3ccccc23)C(c2ccc(NC3CCN(CCCF)C3)cc2OC(F)(F)F)N1C(F)C(F)F. The highest BCUT2D eigenvalue weighted by molar-refractivity contribution is 5.85. The summed E-state index contributed by atoms with van der Waals surface area (Å²) < 4.78 is 101. The Morgan fingerprint density at radius 3 is 2.62 bits per heavy atom. The van der Waals surface area contributed by atoms with Crippen LogP contribution in [0.4, 0.5) is 36.4 Å². The Kier molecular flexibility index (Phi) is 8.19. The molecular formula is C28H31F7N4O. The van der Waals surface area contributed by atoms with Crippen LogP contribution in [0, 0.1) is 0 Å². The molecule has 0 saturated carbocycles. The molecule has 5 rings (SSSR count). The van der Waals surface area contributed by atoms with Crippen molar-refractivity contribution in [3.8, 4) is 5.75 Å². The Bertz CT molecular complexity index is 1310. The second-order valence-electron chi connectivity index (χ2n) is 10.4. The van der Waals surface area contributed by atoms with E-state index in [2.05, 4.69) is 19.9 Å². The minimum atomic E-state index is -5.07. The molecule has 1 saturated heterocycles. The van der Waals surface area contributed by atoms with E-state index in [4.69, 9.17) is 0 Å². The molecule has 218 valence electrons. The summed E-state index contributed by atoms with van der Waals surface area (Å²) in [7, 11) is 0. The molecular weight excluding hydrogens is 541 g/mol. The predicted octanol–water partition coefficient (Wildman–Crippen LogP) is 6.81. The fourth-order valence-corrected chi connectivity index (χ4v) is 6.05. The molecule has 2 aliphatic rings. The molecule has 1 aromatic heterocycles. The highest BCUT2D eigenvalue weighted by Crippen LogP contribution is 2.46. The minimum absolute atomic E-state index is 0.0789. The lowest BCUT2D eigenvalue weighted by Crippen LogP contribution is -2.49. The van der Waals surface area contributed by atoms with Crippen molar-refractivity contribution in [3.63, 3.8) is 0 Å². The Morgan fingerprint density at radius 1 is 1.12 bits per heavy atom. The highest BCUT2D eigenvalue weighted by atomic mass is 19.4. The van der Waals surface area contributed by atoms with Gasteiger partial charge in [0.05, 0.1) is 12.7 Å². The molecule has 40 heavy (non-hydrogen) atoms. The smallest absolute Gasteiger partial charge is 0.405 e. The van der Waals surface area contributed by atoms with E-state index in [1.54, 1.807) is 31.2 Å². The van der Waals surface area contributed by atoms with Crippen LogP contribution in [0.2, 0.25) is 0 Å². The number of nitrogens with one attached hydrogen (secondary N) is 2. The molecule has 0 spiro atoms. The van der Waals surface area contributed by atoms with E-state index >= 15 is 4.39 Å². The average molecular weight is 573 g/mol. The average Bonchev–Trinajstić information content (AvgIpc) is 3.50. The van der Waals surface area contributed by atoms with Gasteiger partial charge in [-0.2, -0.15) is 0 Å². The molecule has 2 N–H and O–H groups in total. The fourth-order valence-electron chi connectivity index (χ4n) is 6.05. The lowest BCUT2D eigenvalue weighted by molar-refractivity contribution is -0.275. The van der Waals surface area contributed by atoms with E-state index < -0.39 is 43.6 Å². The number of alkyl halides is 7. The third kappa shape index (κ3) is 5.88. The number of ether oxygens (including phenoxy) is 1. The van der Waals surface area contributed by atoms with Gasteiger partial charge in [0.1, 0.15) is 5.75 Å². The number of halogens is 7. The molecule has 3 aromatic rings. The Balaban J connectivity index is 1.56. The number of H-pyrrole nitrogens is 1. The number of benzene rings is 2. The van der Waals surface area contributed by atoms with Gasteiger partial charge in [0.2, 0.25) is 6.30 Å². The van der Waals surface area contributed by atoms with Crippen molar-refractivity contribution in [2.75, 3.05) is 31.6 Å². The second kappa shape index (κ2) is 11.5. The lowest BCUT2D eigenvalue weighted by Gasteiger charge is -2.42. The van der Waals surface area contributed by atoms with Crippen LogP contribution in [0.25, 0.3) is 10.9 Å². The molecule has 0 aliphatic carbocycles. The summed E-state index contributed by atoms with van der Waals surface area (Å²) >= 11 is 0. The second-order valence-corrected chi connectivity index (χ2v) is 10.4. The number of hydrogen-bond donors (Lipinski definition) is 2. The number of aromatic amines is 1. The fraction of sp³-hybridized carbons (Fsp3) is 0.500. The summed E-state index contributed by atoms with van der Waals surface area (Å²) in [6.45, 7) is 3.08. The first-order valence-corrected chi connectivity index (χ1v) is 13.3. The summed E-state index contributed by atoms with van der Waals surface area (Å²) in [5.41, 5.74) is 2.04. The molecule has 5 nitrogen and oxygen atoms in total. The van der Waals surface area contributed by atoms with Crippen molar-refractivity contribution in [3.05, 3.63) is 59.3 Å². The first-order chi connectivity index (χ1) is 19.1. The summed E-state index contributed by atoms with van der Waals surface area (Å²) in [5, 5.41) is 4.01. The summed E-state index contributed by atoms with van der Waals surface area (Å²) in [6, 6.07) is 9.20. The van der Waals surface area contributed by atoms with Gasteiger partial charge in [-0.15, -0.1) is 13.2 Å². The van der Waals surface area contributed by atoms with Crippen LogP contribution in [0.3, 0.4) is 0 Å². The van der Waals surface area contributed by atoms with Gasteiger partial charge in [-0.25, -0.2) is 13.2 Å². The Labute approximate surface area is 227 Å². The first kappa shape index (κ1) is 28.5. The van der Waals surface area contributed by atoms with E-state index in [-0.39, 0.29) is 18.0 Å². The van der Waals surface area contributed by atoms with Crippen molar-refractivity contribution in [1.29, 1.82) is 0 Å². The van der Waals surface area contributed by atoms with Crippen LogP contribution >= 0.6 is 0 Å². The van der Waals surface area contributed by atoms with Gasteiger partial charge < -0.3 is 19.9 Å². The number of nitrogens with zero attached hydrogens (tertiary/aromatic N) is 2. The number of aromatic nitrogens is 1. The molecule has 4 atom stereocenters. The van der Waals surface area contributed by atoms with E-state index in [9.17, 15) is 26.3 Å². The predicted molar refractivity (Wildman–Crippen MR) is 138 cm³/mol. The quantitative estimate of drug-likeness (QED) is 0.219. The summed E-state index contributed by atoms with van der Waals surface area (Å²) in [4.78, 5) is 6.15. The van der Waals surface area contributed by atoms with Crippen LogP contribution in [-0.2, 0) is 6.42 Å². The third-order valence-electron chi connectivity index (χ3n) is 7.70. The van der Waals surface area contributed by atoms with Crippen LogP contribution in [0.5, 0.6) is 5.75 Å². The number of likely N-dealkylation sites (tertiary alicyclic amines) is 1. The van der Waals surface area contributed by atoms with Gasteiger partial charge in [0, 0.05) is 65.6 Å². The van der Waals surface area contributed by atoms with Crippen LogP contribution in [0.1, 0.15) is 42.6 Å². The topological polar surface area (TPSA) is 43.5 Å². The van der Waals surface area contributed by atoms with Crippen molar-refractivity contribution in [1.82, 2.24) is 14.8 Å². The van der Waals surface area contributed by atoms with E-state index in [0.717, 1.165) is 22.4 Å². The van der Waals surface area contributed by atoms with Gasteiger partial charge in [0.25, 0.3) is 6.43 Å². The third-order valence-corrected chi connectivity index (χ3v) is 7.70. The highest BCUT2D eigenvalue weighted by Gasteiger charge is 2.45. The molecule has 1 fully saturated rings. The minimum Gasteiger partial charge on any atom is -0.405 e. The molecule has 2 aromatic carbocycles. The van der Waals surface area contributed by atoms with Gasteiger partial charge >= 0.3 is 6.36 Å². The van der Waals surface area contributed by atoms with E-state index in [1.165, 1.54) is 12.1 Å². The lowest BCUT2D eigenvalue weighted by atomic mass is 9.88. The zero-order chi connectivity index (χ0) is 28.6. The Hall–Kier alpha value is -2.99. The number of fused-ring (bicyclic) bond motifs is 3. The van der Waals surface area contributed by atoms with Crippen LogP contribution in [0.15, 0.2) is 42.5 Å². The summed E-state index contributed by atoms with van der Waals surface area (Å²) in [5.74, 6) is -0.597. The van der Waals surface area contributed by atoms with Crippen molar-refractivity contribution < 1.29 is 35.5 Å². The molecule has 0 amide bonds. The van der Waals surface area contributed by atoms with Gasteiger partial charge in [-0.1, -0.05) is 24.3 Å². The maximum Gasteiger partial charge on any atom is 0.573 e. The molecule has 2 aliphatic heterocycles. The monoisotopic (exact) mass is 572 g/mol. The van der Waals surface area contributed by atoms with E-state index in [1.807, 2.05) is 6.07 Å². The largest absolute Gasteiger partial charge is 0.573 e. The van der Waals surface area contributed by atoms with Crippen molar-refractivity contribution in [2.24, 2.45) is 0 Å². The van der Waals surface area contributed by atoms with Crippen molar-refractivity contribution in [2.45, 2.75) is 63.4 Å². The number of hydrogen-bond acceptors (Lipinski definition) is 4. The standard InChI is InChI=1S/C28H31F7N4O/c1-16-13-21-19-5-2-3-6-22(19)37-24(21)25(39(16)27(32)26(30)31)20-8-7-17(14-23(20)40-28(33,34)35)36-18-9-12-38(15-18)11-4-10-29/h2-3,5-8,14,16,18,25-27,36-37H,4,9-13,15H2,1H3. The van der Waals surface area contributed by atoms with E-state index in [0.29, 0.717) is 42.8 Å². The zero-order valence-corrected chi connectivity index (χ0v) is 21.8. The normalized spacial score (nSPS) is 23.1. The number of rotatable bonds is 9.